The molecule has 0 aliphatic carbocycles. The molecular formula is C15H24O. The van der Waals surface area contributed by atoms with E-state index in [1.165, 1.54) is 0 Å². The first-order chi connectivity index (χ1) is 7.56. The van der Waals surface area contributed by atoms with Gasteiger partial charge >= 0.3 is 0 Å². The maximum absolute atomic E-state index is 12.0. The molecule has 0 aromatic carbocycles. The Kier molecular flexibility index (Phi) is 7.53. The van der Waals surface area contributed by atoms with Gasteiger partial charge in [-0.05, 0) is 25.3 Å². The number of hydrogen-bond acceptors (Lipinski definition) is 1. The van der Waals surface area contributed by atoms with Gasteiger partial charge in [0.2, 0.25) is 0 Å². The summed E-state index contributed by atoms with van der Waals surface area (Å²) in [6.45, 7) is 11.8. The van der Waals surface area contributed by atoms with Crippen molar-refractivity contribution in [2.45, 2.75) is 47.0 Å². The highest BCUT2D eigenvalue weighted by Crippen LogP contribution is 2.15. The van der Waals surface area contributed by atoms with Crippen LogP contribution in [0.25, 0.3) is 0 Å². The minimum absolute atomic E-state index is 0.134. The molecule has 0 amide bonds. The molecular weight excluding hydrogens is 196 g/mol. The van der Waals surface area contributed by atoms with Crippen molar-refractivity contribution in [3.05, 3.63) is 36.0 Å². The molecule has 0 saturated carbocycles. The lowest BCUT2D eigenvalue weighted by Gasteiger charge is -2.10. The van der Waals surface area contributed by atoms with Crippen LogP contribution < -0.4 is 0 Å². The Hall–Kier alpha value is -1.11. The maximum Gasteiger partial charge on any atom is 0.161 e. The highest BCUT2D eigenvalue weighted by Gasteiger charge is 2.14. The van der Waals surface area contributed by atoms with Crippen LogP contribution >= 0.6 is 0 Å². The van der Waals surface area contributed by atoms with Crippen LogP contribution in [0.5, 0.6) is 0 Å². The van der Waals surface area contributed by atoms with Gasteiger partial charge in [0.05, 0.1) is 0 Å². The number of rotatable bonds is 7. The summed E-state index contributed by atoms with van der Waals surface area (Å²) in [5.74, 6) is 0.424. The van der Waals surface area contributed by atoms with E-state index in [9.17, 15) is 4.79 Å². The second-order valence-corrected chi connectivity index (χ2v) is 4.23. The molecule has 0 aromatic rings. The van der Waals surface area contributed by atoms with Crippen molar-refractivity contribution in [1.29, 1.82) is 0 Å². The summed E-state index contributed by atoms with van der Waals surface area (Å²) < 4.78 is 0. The number of carbonyl (C=O) groups is 1. The lowest BCUT2D eigenvalue weighted by molar-refractivity contribution is -0.118. The standard InChI is InChI=1S/C15H24O/c1-6-9-14(11-10-12(4)7-2)15(16)13(5)8-3/h7,10-11,13H,2,6,8-9H2,1,3-5H3/b12-10-,14-11+. The Labute approximate surface area is 99.9 Å². The van der Waals surface area contributed by atoms with Crippen molar-refractivity contribution in [3.63, 3.8) is 0 Å². The van der Waals surface area contributed by atoms with Gasteiger partial charge in [0.15, 0.2) is 5.78 Å². The topological polar surface area (TPSA) is 17.1 Å². The van der Waals surface area contributed by atoms with Crippen LogP contribution in [0.2, 0.25) is 0 Å². The van der Waals surface area contributed by atoms with E-state index >= 15 is 0 Å². The van der Waals surface area contributed by atoms with E-state index in [1.807, 2.05) is 26.0 Å². The van der Waals surface area contributed by atoms with Crippen molar-refractivity contribution >= 4 is 5.78 Å². The highest BCUT2D eigenvalue weighted by atomic mass is 16.1. The van der Waals surface area contributed by atoms with E-state index in [2.05, 4.69) is 20.4 Å². The summed E-state index contributed by atoms with van der Waals surface area (Å²) in [6.07, 6.45) is 8.50. The molecule has 0 aromatic heterocycles. The quantitative estimate of drug-likeness (QED) is 0.457. The van der Waals surface area contributed by atoms with Gasteiger partial charge in [0, 0.05) is 5.92 Å². The molecule has 1 atom stereocenters. The van der Waals surface area contributed by atoms with Gasteiger partial charge in [-0.25, -0.2) is 0 Å². The first-order valence-electron chi connectivity index (χ1n) is 6.10. The second kappa shape index (κ2) is 8.09. The molecule has 0 N–H and O–H groups in total. The SMILES string of the molecule is C=C/C(C)=C\C=C(/CCC)C(=O)C(C)CC. The lowest BCUT2D eigenvalue weighted by atomic mass is 9.94. The molecule has 0 radical (unpaired) electrons. The van der Waals surface area contributed by atoms with Crippen LogP contribution in [0.1, 0.15) is 47.0 Å². The summed E-state index contributed by atoms with van der Waals surface area (Å²) >= 11 is 0. The summed E-state index contributed by atoms with van der Waals surface area (Å²) in [6, 6.07) is 0. The molecule has 0 fully saturated rings. The van der Waals surface area contributed by atoms with Crippen LogP contribution in [-0.2, 0) is 4.79 Å². The van der Waals surface area contributed by atoms with Crippen molar-refractivity contribution in [2.75, 3.05) is 0 Å². The molecule has 1 heteroatoms. The molecule has 0 bridgehead atoms. The van der Waals surface area contributed by atoms with Gasteiger partial charge in [0.1, 0.15) is 0 Å². The summed E-state index contributed by atoms with van der Waals surface area (Å²) in [5, 5.41) is 0. The average Bonchev–Trinajstić information content (AvgIpc) is 2.31. The van der Waals surface area contributed by atoms with Crippen molar-refractivity contribution < 1.29 is 4.79 Å². The minimum Gasteiger partial charge on any atom is -0.294 e. The van der Waals surface area contributed by atoms with E-state index in [4.69, 9.17) is 0 Å². The van der Waals surface area contributed by atoms with Crippen LogP contribution in [0.3, 0.4) is 0 Å². The Morgan fingerprint density at radius 2 is 1.94 bits per heavy atom. The van der Waals surface area contributed by atoms with Crippen LogP contribution in [0.4, 0.5) is 0 Å². The maximum atomic E-state index is 12.0. The third-order valence-corrected chi connectivity index (χ3v) is 2.77. The molecule has 0 saturated heterocycles. The van der Waals surface area contributed by atoms with E-state index in [-0.39, 0.29) is 11.7 Å². The normalized spacial score (nSPS) is 14.8. The van der Waals surface area contributed by atoms with Gasteiger partial charge in [-0.1, -0.05) is 57.6 Å². The third kappa shape index (κ3) is 5.11. The summed E-state index contributed by atoms with van der Waals surface area (Å²) in [7, 11) is 0. The van der Waals surface area contributed by atoms with Crippen molar-refractivity contribution in [2.24, 2.45) is 5.92 Å². The number of carbonyl (C=O) groups excluding carboxylic acids is 1. The molecule has 0 spiro atoms. The first kappa shape index (κ1) is 14.9. The van der Waals surface area contributed by atoms with Gasteiger partial charge in [0.25, 0.3) is 0 Å². The second-order valence-electron chi connectivity index (χ2n) is 4.23. The molecule has 0 heterocycles. The van der Waals surface area contributed by atoms with Crippen LogP contribution in [-0.4, -0.2) is 5.78 Å². The van der Waals surface area contributed by atoms with Crippen molar-refractivity contribution in [1.82, 2.24) is 0 Å². The van der Waals surface area contributed by atoms with Crippen molar-refractivity contribution in [3.8, 4) is 0 Å². The number of ketones is 1. The lowest BCUT2D eigenvalue weighted by Crippen LogP contribution is -2.12. The molecule has 1 unspecified atom stereocenters. The van der Waals surface area contributed by atoms with E-state index in [0.29, 0.717) is 0 Å². The first-order valence-corrected chi connectivity index (χ1v) is 6.10. The smallest absolute Gasteiger partial charge is 0.161 e. The largest absolute Gasteiger partial charge is 0.294 e. The number of hydrogen-bond donors (Lipinski definition) is 0. The molecule has 0 rings (SSSR count). The molecule has 0 aliphatic rings. The predicted octanol–water partition coefficient (Wildman–Crippen LogP) is 4.46. The van der Waals surface area contributed by atoms with Crippen LogP contribution in [0.15, 0.2) is 36.0 Å². The van der Waals surface area contributed by atoms with E-state index < -0.39 is 0 Å². The minimum atomic E-state index is 0.134. The zero-order valence-electron chi connectivity index (χ0n) is 11.0. The fourth-order valence-corrected chi connectivity index (χ4v) is 1.36. The Balaban J connectivity index is 4.85. The molecule has 16 heavy (non-hydrogen) atoms. The number of Topliss-reactive ketones (excluding diaryl/α,β-unsaturated/α-hetero) is 1. The Morgan fingerprint density at radius 3 is 2.38 bits per heavy atom. The summed E-state index contributed by atoms with van der Waals surface area (Å²) in [4.78, 5) is 12.0. The van der Waals surface area contributed by atoms with Gasteiger partial charge in [-0.3, -0.25) is 4.79 Å². The van der Waals surface area contributed by atoms with Gasteiger partial charge < -0.3 is 0 Å². The predicted molar refractivity (Wildman–Crippen MR) is 71.4 cm³/mol. The van der Waals surface area contributed by atoms with E-state index in [0.717, 1.165) is 30.4 Å². The number of allylic oxidation sites excluding steroid dienone is 5. The molecule has 1 nitrogen and oxygen atoms in total. The van der Waals surface area contributed by atoms with Crippen LogP contribution in [0, 0.1) is 5.92 Å². The fourth-order valence-electron chi connectivity index (χ4n) is 1.36. The Bertz CT molecular complexity index is 295. The zero-order valence-corrected chi connectivity index (χ0v) is 11.0. The third-order valence-electron chi connectivity index (χ3n) is 2.77. The average molecular weight is 220 g/mol. The highest BCUT2D eigenvalue weighted by molar-refractivity contribution is 5.97. The summed E-state index contributed by atoms with van der Waals surface area (Å²) in [5.41, 5.74) is 2.03. The monoisotopic (exact) mass is 220 g/mol. The Morgan fingerprint density at radius 1 is 1.31 bits per heavy atom. The fraction of sp³-hybridized carbons (Fsp3) is 0.533. The zero-order chi connectivity index (χ0) is 12.6. The van der Waals surface area contributed by atoms with Gasteiger partial charge in [-0.15, -0.1) is 0 Å². The molecule has 0 aliphatic heterocycles. The van der Waals surface area contributed by atoms with Gasteiger partial charge in [-0.2, -0.15) is 0 Å². The molecule has 90 valence electrons. The van der Waals surface area contributed by atoms with E-state index in [1.54, 1.807) is 6.08 Å².